The third-order valence-electron chi connectivity index (χ3n) is 5.45. The van der Waals surface area contributed by atoms with E-state index in [1.807, 2.05) is 4.90 Å². The third kappa shape index (κ3) is 4.18. The number of rotatable bonds is 7. The number of benzene rings is 2. The molecule has 162 valence electrons. The van der Waals surface area contributed by atoms with E-state index in [1.165, 1.54) is 33.5 Å². The summed E-state index contributed by atoms with van der Waals surface area (Å²) in [7, 11) is 4.43. The maximum absolute atomic E-state index is 14.9. The van der Waals surface area contributed by atoms with Gasteiger partial charge in [-0.2, -0.15) is 0 Å². The maximum atomic E-state index is 14.9. The van der Waals surface area contributed by atoms with Crippen LogP contribution < -0.4 is 14.2 Å². The van der Waals surface area contributed by atoms with Gasteiger partial charge in [0.15, 0.2) is 11.5 Å². The summed E-state index contributed by atoms with van der Waals surface area (Å²) in [5.74, 6) is -1.72. The van der Waals surface area contributed by atoms with Gasteiger partial charge in [-0.05, 0) is 37.6 Å². The van der Waals surface area contributed by atoms with Crippen LogP contribution in [0.25, 0.3) is 0 Å². The lowest BCUT2D eigenvalue weighted by atomic mass is 9.90. The Morgan fingerprint density at radius 3 is 2.37 bits per heavy atom. The van der Waals surface area contributed by atoms with Gasteiger partial charge in [-0.15, -0.1) is 0 Å². The number of halogens is 2. The molecule has 1 heterocycles. The summed E-state index contributed by atoms with van der Waals surface area (Å²) < 4.78 is 44.9. The Morgan fingerprint density at radius 1 is 1.07 bits per heavy atom. The Bertz CT molecular complexity index is 921. The summed E-state index contributed by atoms with van der Waals surface area (Å²) in [6, 6.07) is 6.13. The van der Waals surface area contributed by atoms with E-state index in [0.717, 1.165) is 6.07 Å². The van der Waals surface area contributed by atoms with Gasteiger partial charge in [-0.25, -0.2) is 8.78 Å². The zero-order valence-electron chi connectivity index (χ0n) is 17.2. The molecule has 1 aliphatic heterocycles. The molecule has 2 aromatic carbocycles. The lowest BCUT2D eigenvalue weighted by molar-refractivity contribution is -0.143. The standard InChI is InChI=1S/C22H25F2NO5/c1-28-18-9-8-16(20(29-2)21(18)30-3)19(15-7-6-14(23)11-17(15)24)25-10-4-5-13(12-25)22(26)27/h6-9,11,13,19H,4-5,10,12H2,1-3H3,(H,26,27). The highest BCUT2D eigenvalue weighted by Crippen LogP contribution is 2.46. The zero-order chi connectivity index (χ0) is 21.8. The first-order valence-corrected chi connectivity index (χ1v) is 9.61. The van der Waals surface area contributed by atoms with E-state index in [0.29, 0.717) is 42.2 Å². The molecule has 30 heavy (non-hydrogen) atoms. The summed E-state index contributed by atoms with van der Waals surface area (Å²) >= 11 is 0. The smallest absolute Gasteiger partial charge is 0.307 e. The van der Waals surface area contributed by atoms with Crippen LogP contribution in [0.5, 0.6) is 17.2 Å². The number of piperidine rings is 1. The minimum absolute atomic E-state index is 0.230. The van der Waals surface area contributed by atoms with Crippen molar-refractivity contribution in [2.75, 3.05) is 34.4 Å². The zero-order valence-corrected chi connectivity index (χ0v) is 17.2. The molecule has 2 atom stereocenters. The number of carbonyl (C=O) groups is 1. The van der Waals surface area contributed by atoms with Crippen molar-refractivity contribution in [1.29, 1.82) is 0 Å². The summed E-state index contributed by atoms with van der Waals surface area (Å²) in [6.07, 6.45) is 1.19. The number of likely N-dealkylation sites (tertiary alicyclic amines) is 1. The van der Waals surface area contributed by atoms with E-state index in [-0.39, 0.29) is 12.1 Å². The van der Waals surface area contributed by atoms with Crippen molar-refractivity contribution in [3.63, 3.8) is 0 Å². The number of aliphatic carboxylic acids is 1. The van der Waals surface area contributed by atoms with Crippen LogP contribution in [0.15, 0.2) is 30.3 Å². The number of hydrogen-bond acceptors (Lipinski definition) is 5. The van der Waals surface area contributed by atoms with Crippen molar-refractivity contribution in [1.82, 2.24) is 4.90 Å². The van der Waals surface area contributed by atoms with Crippen LogP contribution in [0.4, 0.5) is 8.78 Å². The van der Waals surface area contributed by atoms with Crippen LogP contribution in [0, 0.1) is 17.6 Å². The Hall–Kier alpha value is -2.87. The minimum Gasteiger partial charge on any atom is -0.493 e. The summed E-state index contributed by atoms with van der Waals surface area (Å²) in [6.45, 7) is 0.789. The molecule has 1 aliphatic rings. The van der Waals surface area contributed by atoms with Gasteiger partial charge in [0.1, 0.15) is 11.6 Å². The summed E-state index contributed by atoms with van der Waals surface area (Å²) in [4.78, 5) is 13.5. The average Bonchev–Trinajstić information content (AvgIpc) is 2.74. The second-order valence-electron chi connectivity index (χ2n) is 7.16. The molecule has 0 bridgehead atoms. The number of carboxylic acids is 1. The molecule has 0 saturated carbocycles. The quantitative estimate of drug-likeness (QED) is 0.732. The first kappa shape index (κ1) is 21.8. The second kappa shape index (κ2) is 9.30. The second-order valence-corrected chi connectivity index (χ2v) is 7.16. The van der Waals surface area contributed by atoms with E-state index in [2.05, 4.69) is 0 Å². The fourth-order valence-corrected chi connectivity index (χ4v) is 4.07. The number of ether oxygens (including phenoxy) is 3. The van der Waals surface area contributed by atoms with Gasteiger partial charge in [-0.1, -0.05) is 6.07 Å². The predicted octanol–water partition coefficient (Wildman–Crippen LogP) is 3.88. The van der Waals surface area contributed by atoms with Crippen LogP contribution in [0.3, 0.4) is 0 Å². The largest absolute Gasteiger partial charge is 0.493 e. The highest BCUT2D eigenvalue weighted by molar-refractivity contribution is 5.70. The molecular formula is C22H25F2NO5. The lowest BCUT2D eigenvalue weighted by Crippen LogP contribution is -2.41. The average molecular weight is 421 g/mol. The molecular weight excluding hydrogens is 396 g/mol. The molecule has 8 heteroatoms. The highest BCUT2D eigenvalue weighted by Gasteiger charge is 2.35. The predicted molar refractivity (Wildman–Crippen MR) is 106 cm³/mol. The van der Waals surface area contributed by atoms with E-state index >= 15 is 0 Å². The molecule has 6 nitrogen and oxygen atoms in total. The SMILES string of the molecule is COc1ccc(C(c2ccc(F)cc2F)N2CCCC(C(=O)O)C2)c(OC)c1OC. The first-order valence-electron chi connectivity index (χ1n) is 9.61. The topological polar surface area (TPSA) is 68.2 Å². The van der Waals surface area contributed by atoms with Crippen LogP contribution in [-0.4, -0.2) is 50.4 Å². The molecule has 3 rings (SSSR count). The van der Waals surface area contributed by atoms with Crippen LogP contribution in [-0.2, 0) is 4.79 Å². The molecule has 1 saturated heterocycles. The van der Waals surface area contributed by atoms with Gasteiger partial charge >= 0.3 is 5.97 Å². The van der Waals surface area contributed by atoms with Crippen molar-refractivity contribution in [2.45, 2.75) is 18.9 Å². The number of methoxy groups -OCH3 is 3. The van der Waals surface area contributed by atoms with Crippen molar-refractivity contribution in [2.24, 2.45) is 5.92 Å². The molecule has 0 aliphatic carbocycles. The monoisotopic (exact) mass is 421 g/mol. The number of carboxylic acid groups (broad SMARTS) is 1. The Kier molecular flexibility index (Phi) is 6.77. The molecule has 1 fully saturated rings. The molecule has 0 spiro atoms. The molecule has 2 unspecified atom stereocenters. The fourth-order valence-electron chi connectivity index (χ4n) is 4.07. The van der Waals surface area contributed by atoms with Crippen molar-refractivity contribution >= 4 is 5.97 Å². The Morgan fingerprint density at radius 2 is 1.77 bits per heavy atom. The van der Waals surface area contributed by atoms with Gasteiger partial charge in [0.2, 0.25) is 5.75 Å². The Labute approximate surface area is 174 Å². The van der Waals surface area contributed by atoms with E-state index in [9.17, 15) is 18.7 Å². The fraction of sp³-hybridized carbons (Fsp3) is 0.409. The first-order chi connectivity index (χ1) is 14.4. The third-order valence-corrected chi connectivity index (χ3v) is 5.45. The van der Waals surface area contributed by atoms with Crippen molar-refractivity contribution < 1.29 is 32.9 Å². The van der Waals surface area contributed by atoms with Gasteiger partial charge in [0.25, 0.3) is 0 Å². The normalized spacial score (nSPS) is 18.0. The van der Waals surface area contributed by atoms with Gasteiger partial charge in [-0.3, -0.25) is 9.69 Å². The lowest BCUT2D eigenvalue weighted by Gasteiger charge is -2.38. The van der Waals surface area contributed by atoms with Gasteiger partial charge in [0.05, 0.1) is 33.3 Å². The Balaban J connectivity index is 2.18. The van der Waals surface area contributed by atoms with Gasteiger partial charge < -0.3 is 19.3 Å². The van der Waals surface area contributed by atoms with Crippen LogP contribution in [0.1, 0.15) is 30.0 Å². The maximum Gasteiger partial charge on any atom is 0.307 e. The summed E-state index contributed by atoms with van der Waals surface area (Å²) in [5, 5.41) is 9.51. The molecule has 0 radical (unpaired) electrons. The minimum atomic E-state index is -0.891. The van der Waals surface area contributed by atoms with Crippen molar-refractivity contribution in [3.8, 4) is 17.2 Å². The summed E-state index contributed by atoms with van der Waals surface area (Å²) in [5.41, 5.74) is 0.805. The van der Waals surface area contributed by atoms with Crippen molar-refractivity contribution in [3.05, 3.63) is 53.1 Å². The van der Waals surface area contributed by atoms with E-state index < -0.39 is 29.6 Å². The molecule has 0 aromatic heterocycles. The van der Waals surface area contributed by atoms with Crippen LogP contribution in [0.2, 0.25) is 0 Å². The molecule has 2 aromatic rings. The van der Waals surface area contributed by atoms with Gasteiger partial charge in [0, 0.05) is 23.7 Å². The molecule has 0 amide bonds. The van der Waals surface area contributed by atoms with E-state index in [4.69, 9.17) is 14.2 Å². The van der Waals surface area contributed by atoms with Crippen LogP contribution >= 0.6 is 0 Å². The number of hydrogen-bond donors (Lipinski definition) is 1. The van der Waals surface area contributed by atoms with E-state index in [1.54, 1.807) is 12.1 Å². The molecule has 1 N–H and O–H groups in total. The highest BCUT2D eigenvalue weighted by atomic mass is 19.1. The number of nitrogens with zero attached hydrogens (tertiary/aromatic N) is 1.